The molecule has 3 atom stereocenters. The molecule has 38 heavy (non-hydrogen) atoms. The van der Waals surface area contributed by atoms with Crippen molar-refractivity contribution in [2.45, 2.75) is 57.2 Å². The van der Waals surface area contributed by atoms with Gasteiger partial charge in [-0.25, -0.2) is 13.8 Å². The van der Waals surface area contributed by atoms with Gasteiger partial charge in [-0.3, -0.25) is 9.48 Å². The van der Waals surface area contributed by atoms with Gasteiger partial charge < -0.3 is 20.4 Å². The van der Waals surface area contributed by atoms with Crippen LogP contribution in [0.5, 0.6) is 0 Å². The molecule has 2 aromatic heterocycles. The van der Waals surface area contributed by atoms with E-state index in [1.165, 1.54) is 11.9 Å². The molecule has 14 heteroatoms. The van der Waals surface area contributed by atoms with Gasteiger partial charge in [0.15, 0.2) is 0 Å². The third-order valence-corrected chi connectivity index (χ3v) is 7.18. The standard InChI is InChI=1S/C24H33F5N8O/c1-14-19(13-37(34-14)15-5-9-35(2)10-6-15)32-23-31-12-17(24(27,28)29)21(33-23)30-7-4-8-36(3)22(38)16-11-18(25)20(16)26/h12-13,15-16,18,20H,4-11H2,1-3H3,(H2,30,31,32,33). The van der Waals surface area contributed by atoms with Gasteiger partial charge in [0.2, 0.25) is 11.9 Å². The molecule has 2 aromatic rings. The molecule has 9 nitrogen and oxygen atoms in total. The summed E-state index contributed by atoms with van der Waals surface area (Å²) in [6.07, 6.45) is -3.52. The summed E-state index contributed by atoms with van der Waals surface area (Å²) in [7, 11) is 3.53. The number of alkyl halides is 5. The van der Waals surface area contributed by atoms with Crippen LogP contribution >= 0.6 is 0 Å². The summed E-state index contributed by atoms with van der Waals surface area (Å²) in [6.45, 7) is 3.96. The van der Waals surface area contributed by atoms with Crippen molar-refractivity contribution in [3.05, 3.63) is 23.7 Å². The SMILES string of the molecule is Cc1nn(C2CCN(C)CC2)cc1Nc1ncc(C(F)(F)F)c(NCCCN(C)C(=O)C2CC(F)C2F)n1. The maximum Gasteiger partial charge on any atom is 0.421 e. The van der Waals surface area contributed by atoms with E-state index in [1.807, 2.05) is 10.9 Å². The number of piperidine rings is 1. The number of anilines is 3. The van der Waals surface area contributed by atoms with Crippen LogP contribution in [0.1, 0.15) is 43.0 Å². The Bertz CT molecular complexity index is 1120. The van der Waals surface area contributed by atoms with Gasteiger partial charge in [0.05, 0.1) is 23.3 Å². The molecule has 1 saturated carbocycles. The fourth-order valence-electron chi connectivity index (χ4n) is 4.67. The summed E-state index contributed by atoms with van der Waals surface area (Å²) < 4.78 is 69.2. The smallest absolute Gasteiger partial charge is 0.369 e. The van der Waals surface area contributed by atoms with Gasteiger partial charge in [-0.2, -0.15) is 23.3 Å². The third kappa shape index (κ3) is 6.33. The predicted molar refractivity (Wildman–Crippen MR) is 132 cm³/mol. The molecular formula is C24H33F5N8O. The van der Waals surface area contributed by atoms with Crippen molar-refractivity contribution in [3.8, 4) is 0 Å². The van der Waals surface area contributed by atoms with Gasteiger partial charge in [0, 0.05) is 32.5 Å². The zero-order valence-electron chi connectivity index (χ0n) is 21.6. The molecule has 1 saturated heterocycles. The number of amides is 1. The first-order chi connectivity index (χ1) is 17.9. The average molecular weight is 545 g/mol. The number of carbonyl (C=O) groups is 1. The average Bonchev–Trinajstić information content (AvgIpc) is 3.23. The van der Waals surface area contributed by atoms with E-state index in [1.54, 1.807) is 6.92 Å². The fourth-order valence-corrected chi connectivity index (χ4v) is 4.67. The van der Waals surface area contributed by atoms with E-state index in [4.69, 9.17) is 0 Å². The number of halogens is 5. The maximum atomic E-state index is 13.6. The number of nitrogens with one attached hydrogen (secondary N) is 2. The largest absolute Gasteiger partial charge is 0.421 e. The van der Waals surface area contributed by atoms with Crippen LogP contribution in [0.15, 0.2) is 12.4 Å². The van der Waals surface area contributed by atoms with Crippen LogP contribution in [-0.4, -0.2) is 88.1 Å². The van der Waals surface area contributed by atoms with Crippen molar-refractivity contribution in [3.63, 3.8) is 0 Å². The lowest BCUT2D eigenvalue weighted by Crippen LogP contribution is -2.50. The minimum Gasteiger partial charge on any atom is -0.369 e. The van der Waals surface area contributed by atoms with Crippen LogP contribution in [0.25, 0.3) is 0 Å². The van der Waals surface area contributed by atoms with Crippen LogP contribution in [-0.2, 0) is 11.0 Å². The lowest BCUT2D eigenvalue weighted by molar-refractivity contribution is -0.145. The monoisotopic (exact) mass is 544 g/mol. The molecule has 3 heterocycles. The number of aryl methyl sites for hydroxylation is 1. The number of aromatic nitrogens is 4. The molecule has 2 N–H and O–H groups in total. The van der Waals surface area contributed by atoms with Crippen LogP contribution in [0, 0.1) is 12.8 Å². The molecular weight excluding hydrogens is 511 g/mol. The molecule has 0 radical (unpaired) electrons. The maximum absolute atomic E-state index is 13.6. The highest BCUT2D eigenvalue weighted by Gasteiger charge is 2.47. The van der Waals surface area contributed by atoms with Crippen molar-refractivity contribution in [1.29, 1.82) is 0 Å². The Morgan fingerprint density at radius 2 is 1.95 bits per heavy atom. The first kappa shape index (κ1) is 28.0. The van der Waals surface area contributed by atoms with Crippen molar-refractivity contribution in [2.75, 3.05) is 50.9 Å². The first-order valence-electron chi connectivity index (χ1n) is 12.7. The van der Waals surface area contributed by atoms with Crippen molar-refractivity contribution in [2.24, 2.45) is 5.92 Å². The summed E-state index contributed by atoms with van der Waals surface area (Å²) >= 11 is 0. The van der Waals surface area contributed by atoms with Gasteiger partial charge in [-0.05, 0) is 52.7 Å². The van der Waals surface area contributed by atoms with Gasteiger partial charge >= 0.3 is 6.18 Å². The molecule has 1 aliphatic heterocycles. The third-order valence-electron chi connectivity index (χ3n) is 7.18. The first-order valence-corrected chi connectivity index (χ1v) is 12.7. The quantitative estimate of drug-likeness (QED) is 0.365. The van der Waals surface area contributed by atoms with E-state index in [0.717, 1.165) is 32.1 Å². The van der Waals surface area contributed by atoms with Crippen molar-refractivity contribution in [1.82, 2.24) is 29.5 Å². The summed E-state index contributed by atoms with van der Waals surface area (Å²) in [5, 5.41) is 10.2. The predicted octanol–water partition coefficient (Wildman–Crippen LogP) is 3.97. The zero-order chi connectivity index (χ0) is 27.6. The number of likely N-dealkylation sites (tertiary alicyclic amines) is 1. The molecule has 3 unspecified atom stereocenters. The van der Waals surface area contributed by atoms with E-state index in [0.29, 0.717) is 11.4 Å². The summed E-state index contributed by atoms with van der Waals surface area (Å²) in [4.78, 5) is 23.6. The summed E-state index contributed by atoms with van der Waals surface area (Å²) in [5.41, 5.74) is 0.262. The van der Waals surface area contributed by atoms with Crippen molar-refractivity contribution >= 4 is 23.4 Å². The molecule has 1 amide bonds. The lowest BCUT2D eigenvalue weighted by Gasteiger charge is -2.35. The lowest BCUT2D eigenvalue weighted by atomic mass is 9.80. The number of nitrogens with zero attached hydrogens (tertiary/aromatic N) is 6. The van der Waals surface area contributed by atoms with Gasteiger partial charge in [0.1, 0.15) is 23.7 Å². The van der Waals surface area contributed by atoms with Crippen LogP contribution in [0.3, 0.4) is 0 Å². The highest BCUT2D eigenvalue weighted by Crippen LogP contribution is 2.36. The topological polar surface area (TPSA) is 91.2 Å². The number of carbonyl (C=O) groups excluding carboxylic acids is 1. The van der Waals surface area contributed by atoms with Gasteiger partial charge in [-0.1, -0.05) is 0 Å². The second-order valence-electron chi connectivity index (χ2n) is 10.1. The van der Waals surface area contributed by atoms with E-state index in [9.17, 15) is 26.7 Å². The number of hydrogen-bond donors (Lipinski definition) is 2. The Morgan fingerprint density at radius 1 is 1.24 bits per heavy atom. The molecule has 0 spiro atoms. The highest BCUT2D eigenvalue weighted by atomic mass is 19.4. The molecule has 1 aliphatic carbocycles. The molecule has 0 bridgehead atoms. The number of hydrogen-bond acceptors (Lipinski definition) is 7. The van der Waals surface area contributed by atoms with Crippen molar-refractivity contribution < 1.29 is 26.7 Å². The Morgan fingerprint density at radius 3 is 2.58 bits per heavy atom. The van der Waals surface area contributed by atoms with E-state index in [-0.39, 0.29) is 37.9 Å². The summed E-state index contributed by atoms with van der Waals surface area (Å²) in [5.74, 6) is -1.92. The zero-order valence-corrected chi connectivity index (χ0v) is 21.6. The molecule has 2 fully saturated rings. The highest BCUT2D eigenvalue weighted by molar-refractivity contribution is 5.80. The molecule has 4 rings (SSSR count). The van der Waals surface area contributed by atoms with Gasteiger partial charge in [0.25, 0.3) is 0 Å². The van der Waals surface area contributed by atoms with E-state index < -0.39 is 41.7 Å². The second-order valence-corrected chi connectivity index (χ2v) is 10.1. The van der Waals surface area contributed by atoms with E-state index in [2.05, 4.69) is 37.6 Å². The Hall–Kier alpha value is -3.03. The van der Waals surface area contributed by atoms with Crippen LogP contribution in [0.4, 0.5) is 39.4 Å². The number of rotatable bonds is 9. The van der Waals surface area contributed by atoms with Crippen LogP contribution in [0.2, 0.25) is 0 Å². The normalized spacial score (nSPS) is 22.7. The molecule has 210 valence electrons. The fraction of sp³-hybridized carbons (Fsp3) is 0.667. The Labute approximate surface area is 217 Å². The second kappa shape index (κ2) is 11.4. The van der Waals surface area contributed by atoms with E-state index >= 15 is 0 Å². The Balaban J connectivity index is 1.38. The minimum atomic E-state index is -4.67. The molecule has 0 aromatic carbocycles. The van der Waals surface area contributed by atoms with Gasteiger partial charge in [-0.15, -0.1) is 0 Å². The van der Waals surface area contributed by atoms with Crippen LogP contribution < -0.4 is 10.6 Å². The summed E-state index contributed by atoms with van der Waals surface area (Å²) in [6, 6.07) is 0.245. The Kier molecular flexibility index (Phi) is 8.38. The minimum absolute atomic E-state index is 0.0152. The molecule has 2 aliphatic rings.